The van der Waals surface area contributed by atoms with Crippen LogP contribution in [0.4, 0.5) is 0 Å². The van der Waals surface area contributed by atoms with Gasteiger partial charge in [-0.2, -0.15) is 0 Å². The van der Waals surface area contributed by atoms with E-state index in [-0.39, 0.29) is 0 Å². The number of ether oxygens (including phenoxy) is 2. The van der Waals surface area contributed by atoms with Gasteiger partial charge in [-0.25, -0.2) is 0 Å². The van der Waals surface area contributed by atoms with Gasteiger partial charge < -0.3 is 9.47 Å². The molecule has 2 nitrogen and oxygen atoms in total. The number of rotatable bonds is 9. The van der Waals surface area contributed by atoms with Crippen molar-refractivity contribution in [1.29, 1.82) is 0 Å². The van der Waals surface area contributed by atoms with E-state index in [1.807, 2.05) is 13.0 Å². The zero-order valence-electron chi connectivity index (χ0n) is 11.3. The second-order valence-electron chi connectivity index (χ2n) is 4.42. The van der Waals surface area contributed by atoms with Crippen molar-refractivity contribution in [2.45, 2.75) is 26.2 Å². The minimum absolute atomic E-state index is 0.664. The SMILES string of the molecule is CCOCCCC(CBr)Cc1cccc(OC)c1. The summed E-state index contributed by atoms with van der Waals surface area (Å²) in [6, 6.07) is 8.33. The first-order valence-corrected chi connectivity index (χ1v) is 7.69. The molecule has 102 valence electrons. The van der Waals surface area contributed by atoms with Gasteiger partial charge in [-0.15, -0.1) is 0 Å². The maximum absolute atomic E-state index is 5.38. The molecule has 1 aromatic rings. The Bertz CT molecular complexity index is 328. The molecular weight excluding hydrogens is 292 g/mol. The van der Waals surface area contributed by atoms with Gasteiger partial charge in [0.15, 0.2) is 0 Å². The van der Waals surface area contributed by atoms with E-state index < -0.39 is 0 Å². The lowest BCUT2D eigenvalue weighted by molar-refractivity contribution is 0.140. The van der Waals surface area contributed by atoms with E-state index in [0.717, 1.165) is 37.1 Å². The Hall–Kier alpha value is -0.540. The van der Waals surface area contributed by atoms with Crippen molar-refractivity contribution < 1.29 is 9.47 Å². The zero-order chi connectivity index (χ0) is 13.2. The molecule has 0 amide bonds. The van der Waals surface area contributed by atoms with Gasteiger partial charge in [0.2, 0.25) is 0 Å². The normalized spacial score (nSPS) is 12.4. The highest BCUT2D eigenvalue weighted by Gasteiger charge is 2.08. The van der Waals surface area contributed by atoms with Crippen LogP contribution in [0.2, 0.25) is 0 Å². The minimum atomic E-state index is 0.664. The summed E-state index contributed by atoms with van der Waals surface area (Å²) < 4.78 is 10.6. The maximum atomic E-state index is 5.38. The molecule has 0 saturated heterocycles. The summed E-state index contributed by atoms with van der Waals surface area (Å²) in [6.07, 6.45) is 3.42. The summed E-state index contributed by atoms with van der Waals surface area (Å²) in [5, 5.41) is 1.04. The van der Waals surface area contributed by atoms with Crippen molar-refractivity contribution >= 4 is 15.9 Å². The van der Waals surface area contributed by atoms with Gasteiger partial charge in [0.05, 0.1) is 7.11 Å². The van der Waals surface area contributed by atoms with Crippen molar-refractivity contribution in [3.8, 4) is 5.75 Å². The van der Waals surface area contributed by atoms with Crippen LogP contribution < -0.4 is 4.74 Å². The number of alkyl halides is 1. The molecule has 0 heterocycles. The molecule has 3 heteroatoms. The summed E-state index contributed by atoms with van der Waals surface area (Å²) >= 11 is 3.61. The summed E-state index contributed by atoms with van der Waals surface area (Å²) in [5.41, 5.74) is 1.34. The van der Waals surface area contributed by atoms with Gasteiger partial charge in [0.1, 0.15) is 5.75 Å². The van der Waals surface area contributed by atoms with E-state index in [2.05, 4.69) is 34.1 Å². The van der Waals surface area contributed by atoms with E-state index in [9.17, 15) is 0 Å². The Labute approximate surface area is 119 Å². The van der Waals surface area contributed by atoms with Crippen LogP contribution in [0.1, 0.15) is 25.3 Å². The number of methoxy groups -OCH3 is 1. The van der Waals surface area contributed by atoms with Gasteiger partial charge in [-0.3, -0.25) is 0 Å². The highest BCUT2D eigenvalue weighted by molar-refractivity contribution is 9.09. The first-order valence-electron chi connectivity index (χ1n) is 6.56. The molecule has 0 spiro atoms. The number of halogens is 1. The van der Waals surface area contributed by atoms with Gasteiger partial charge >= 0.3 is 0 Å². The third-order valence-corrected chi connectivity index (χ3v) is 3.90. The van der Waals surface area contributed by atoms with E-state index >= 15 is 0 Å². The lowest BCUT2D eigenvalue weighted by atomic mass is 9.96. The van der Waals surface area contributed by atoms with Gasteiger partial charge in [0, 0.05) is 18.5 Å². The van der Waals surface area contributed by atoms with Gasteiger partial charge in [-0.1, -0.05) is 28.1 Å². The molecule has 1 atom stereocenters. The monoisotopic (exact) mass is 314 g/mol. The first kappa shape index (κ1) is 15.5. The predicted octanol–water partition coefficient (Wildman–Crippen LogP) is 4.07. The van der Waals surface area contributed by atoms with Crippen LogP contribution in [-0.4, -0.2) is 25.7 Å². The molecule has 0 fully saturated rings. The largest absolute Gasteiger partial charge is 0.497 e. The summed E-state index contributed by atoms with van der Waals surface area (Å²) in [7, 11) is 1.71. The molecular formula is C15H23BrO2. The topological polar surface area (TPSA) is 18.5 Å². The molecule has 0 aliphatic carbocycles. The van der Waals surface area contributed by atoms with Gasteiger partial charge in [-0.05, 0) is 49.8 Å². The quantitative estimate of drug-likeness (QED) is 0.505. The minimum Gasteiger partial charge on any atom is -0.497 e. The van der Waals surface area contributed by atoms with E-state index in [0.29, 0.717) is 5.92 Å². The number of hydrogen-bond acceptors (Lipinski definition) is 2. The molecule has 1 rings (SSSR count). The van der Waals surface area contributed by atoms with Crippen LogP contribution in [0.15, 0.2) is 24.3 Å². The molecule has 0 aliphatic heterocycles. The first-order chi connectivity index (χ1) is 8.80. The number of benzene rings is 1. The Kier molecular flexibility index (Phi) is 8.10. The summed E-state index contributed by atoms with van der Waals surface area (Å²) in [4.78, 5) is 0. The van der Waals surface area contributed by atoms with Crippen molar-refractivity contribution in [2.75, 3.05) is 25.7 Å². The third-order valence-electron chi connectivity index (χ3n) is 2.98. The van der Waals surface area contributed by atoms with Crippen LogP contribution in [-0.2, 0) is 11.2 Å². The highest BCUT2D eigenvalue weighted by Crippen LogP contribution is 2.20. The molecule has 0 N–H and O–H groups in total. The van der Waals surface area contributed by atoms with Crippen LogP contribution >= 0.6 is 15.9 Å². The highest BCUT2D eigenvalue weighted by atomic mass is 79.9. The maximum Gasteiger partial charge on any atom is 0.119 e. The third kappa shape index (κ3) is 5.87. The molecule has 0 bridgehead atoms. The van der Waals surface area contributed by atoms with E-state index in [1.165, 1.54) is 12.0 Å². The Morgan fingerprint density at radius 1 is 1.33 bits per heavy atom. The smallest absolute Gasteiger partial charge is 0.119 e. The molecule has 0 saturated carbocycles. The van der Waals surface area contributed by atoms with E-state index in [4.69, 9.17) is 9.47 Å². The predicted molar refractivity (Wildman–Crippen MR) is 79.7 cm³/mol. The fourth-order valence-electron chi connectivity index (χ4n) is 1.98. The van der Waals surface area contributed by atoms with Crippen LogP contribution in [0.5, 0.6) is 5.75 Å². The Morgan fingerprint density at radius 2 is 2.17 bits per heavy atom. The Morgan fingerprint density at radius 3 is 2.83 bits per heavy atom. The van der Waals surface area contributed by atoms with Crippen molar-refractivity contribution in [3.05, 3.63) is 29.8 Å². The van der Waals surface area contributed by atoms with Crippen molar-refractivity contribution in [2.24, 2.45) is 5.92 Å². The lowest BCUT2D eigenvalue weighted by Crippen LogP contribution is -2.08. The fourth-order valence-corrected chi connectivity index (χ4v) is 2.54. The van der Waals surface area contributed by atoms with Crippen molar-refractivity contribution in [1.82, 2.24) is 0 Å². The summed E-state index contributed by atoms with van der Waals surface area (Å²) in [6.45, 7) is 3.73. The molecule has 1 aromatic carbocycles. The van der Waals surface area contributed by atoms with E-state index in [1.54, 1.807) is 7.11 Å². The molecule has 18 heavy (non-hydrogen) atoms. The van der Waals surface area contributed by atoms with Crippen LogP contribution in [0.3, 0.4) is 0 Å². The zero-order valence-corrected chi connectivity index (χ0v) is 12.9. The standard InChI is InChI=1S/C15H23BrO2/c1-3-18-9-5-7-14(12-16)10-13-6-4-8-15(11-13)17-2/h4,6,8,11,14H,3,5,7,9-10,12H2,1-2H3. The second kappa shape index (κ2) is 9.40. The van der Waals surface area contributed by atoms with Gasteiger partial charge in [0.25, 0.3) is 0 Å². The number of hydrogen-bond donors (Lipinski definition) is 0. The molecule has 0 radical (unpaired) electrons. The Balaban J connectivity index is 2.41. The lowest BCUT2D eigenvalue weighted by Gasteiger charge is -2.14. The average molecular weight is 315 g/mol. The molecule has 0 aromatic heterocycles. The van der Waals surface area contributed by atoms with Crippen LogP contribution in [0, 0.1) is 5.92 Å². The summed E-state index contributed by atoms with van der Waals surface area (Å²) in [5.74, 6) is 1.60. The van der Waals surface area contributed by atoms with Crippen LogP contribution in [0.25, 0.3) is 0 Å². The van der Waals surface area contributed by atoms with Crippen molar-refractivity contribution in [3.63, 3.8) is 0 Å². The fraction of sp³-hybridized carbons (Fsp3) is 0.600. The second-order valence-corrected chi connectivity index (χ2v) is 5.06. The molecule has 0 aliphatic rings. The molecule has 1 unspecified atom stereocenters. The average Bonchev–Trinajstić information content (AvgIpc) is 2.42.